The molecule has 20 heavy (non-hydrogen) atoms. The highest BCUT2D eigenvalue weighted by atomic mass is 16.5. The van der Waals surface area contributed by atoms with Crippen LogP contribution in [0.15, 0.2) is 24.3 Å². The number of benzene rings is 1. The number of aryl methyl sites for hydroxylation is 1. The van der Waals surface area contributed by atoms with Gasteiger partial charge in [-0.25, -0.2) is 0 Å². The minimum absolute atomic E-state index is 0.0379. The van der Waals surface area contributed by atoms with E-state index in [0.29, 0.717) is 0 Å². The van der Waals surface area contributed by atoms with Crippen molar-refractivity contribution in [2.75, 3.05) is 13.7 Å². The Bertz CT molecular complexity index is 421. The lowest BCUT2D eigenvalue weighted by Crippen LogP contribution is -2.47. The Labute approximate surface area is 123 Å². The van der Waals surface area contributed by atoms with Crippen LogP contribution in [0.4, 0.5) is 0 Å². The molecule has 0 radical (unpaired) electrons. The van der Waals surface area contributed by atoms with Gasteiger partial charge in [-0.1, -0.05) is 36.8 Å². The van der Waals surface area contributed by atoms with Crippen LogP contribution in [0.1, 0.15) is 56.7 Å². The third kappa shape index (κ3) is 3.24. The highest BCUT2D eigenvalue weighted by Crippen LogP contribution is 2.43. The molecule has 1 saturated carbocycles. The Hall–Kier alpha value is -0.860. The van der Waals surface area contributed by atoms with Crippen molar-refractivity contribution in [2.45, 2.75) is 58.1 Å². The summed E-state index contributed by atoms with van der Waals surface area (Å²) in [6.45, 7) is 7.42. The minimum atomic E-state index is -0.0379. The first kappa shape index (κ1) is 15.5. The molecule has 0 spiro atoms. The third-order valence-corrected chi connectivity index (χ3v) is 4.74. The summed E-state index contributed by atoms with van der Waals surface area (Å²) < 4.78 is 6.30. The Morgan fingerprint density at radius 3 is 2.60 bits per heavy atom. The van der Waals surface area contributed by atoms with Crippen molar-refractivity contribution in [2.24, 2.45) is 5.92 Å². The molecule has 2 rings (SSSR count). The second-order valence-corrected chi connectivity index (χ2v) is 6.32. The van der Waals surface area contributed by atoms with Crippen molar-refractivity contribution in [1.82, 2.24) is 5.32 Å². The van der Waals surface area contributed by atoms with E-state index >= 15 is 0 Å². The molecular formula is C18H29NO. The van der Waals surface area contributed by atoms with Gasteiger partial charge in [0.15, 0.2) is 0 Å². The van der Waals surface area contributed by atoms with Gasteiger partial charge >= 0.3 is 0 Å². The molecule has 0 aliphatic heterocycles. The van der Waals surface area contributed by atoms with Crippen molar-refractivity contribution in [3.05, 3.63) is 35.4 Å². The predicted octanol–water partition coefficient (Wildman–Crippen LogP) is 4.24. The molecular weight excluding hydrogens is 246 g/mol. The summed E-state index contributed by atoms with van der Waals surface area (Å²) in [5, 5.41) is 3.53. The lowest BCUT2D eigenvalue weighted by atomic mass is 9.73. The summed E-state index contributed by atoms with van der Waals surface area (Å²) >= 11 is 0. The van der Waals surface area contributed by atoms with Crippen LogP contribution in [-0.2, 0) is 4.74 Å². The molecule has 1 aromatic rings. The second-order valence-electron chi connectivity index (χ2n) is 6.32. The first-order valence-corrected chi connectivity index (χ1v) is 7.99. The fraction of sp³-hybridized carbons (Fsp3) is 0.667. The van der Waals surface area contributed by atoms with E-state index in [2.05, 4.69) is 57.4 Å². The lowest BCUT2D eigenvalue weighted by molar-refractivity contribution is -0.0962. The molecule has 1 fully saturated rings. The average Bonchev–Trinajstić information content (AvgIpc) is 2.43. The average molecular weight is 275 g/mol. The quantitative estimate of drug-likeness (QED) is 0.868. The molecule has 0 aromatic heterocycles. The molecule has 1 N–H and O–H groups in total. The standard InChI is InChI=1S/C18H29NO/c1-5-20-18(11-9-14(2)10-12-18)17(19-4)16-8-6-7-15(3)13-16/h6-8,13-14,17,19H,5,9-12H2,1-4H3. The Balaban J connectivity index is 2.30. The van der Waals surface area contributed by atoms with E-state index in [1.165, 1.54) is 24.0 Å². The summed E-state index contributed by atoms with van der Waals surface area (Å²) in [5.74, 6) is 0.832. The second kappa shape index (κ2) is 6.73. The van der Waals surface area contributed by atoms with Crippen LogP contribution >= 0.6 is 0 Å². The minimum Gasteiger partial charge on any atom is -0.373 e. The zero-order chi connectivity index (χ0) is 14.6. The van der Waals surface area contributed by atoms with Gasteiger partial charge < -0.3 is 10.1 Å². The maximum Gasteiger partial charge on any atom is 0.0876 e. The van der Waals surface area contributed by atoms with Gasteiger partial charge in [0.25, 0.3) is 0 Å². The van der Waals surface area contributed by atoms with Crippen LogP contribution in [0.2, 0.25) is 0 Å². The highest BCUT2D eigenvalue weighted by Gasteiger charge is 2.42. The third-order valence-electron chi connectivity index (χ3n) is 4.74. The van der Waals surface area contributed by atoms with Crippen LogP contribution in [0.25, 0.3) is 0 Å². The first-order chi connectivity index (χ1) is 9.61. The number of nitrogens with one attached hydrogen (secondary N) is 1. The monoisotopic (exact) mass is 275 g/mol. The highest BCUT2D eigenvalue weighted by molar-refractivity contribution is 5.27. The zero-order valence-electron chi connectivity index (χ0n) is 13.4. The maximum atomic E-state index is 6.30. The van der Waals surface area contributed by atoms with Crippen molar-refractivity contribution >= 4 is 0 Å². The van der Waals surface area contributed by atoms with E-state index in [1.54, 1.807) is 0 Å². The molecule has 1 atom stereocenters. The van der Waals surface area contributed by atoms with E-state index < -0.39 is 0 Å². The van der Waals surface area contributed by atoms with Crippen molar-refractivity contribution < 1.29 is 4.74 Å². The van der Waals surface area contributed by atoms with Gasteiger partial charge in [0.1, 0.15) is 0 Å². The summed E-state index contributed by atoms with van der Waals surface area (Å²) in [7, 11) is 2.06. The smallest absolute Gasteiger partial charge is 0.0876 e. The Kier molecular flexibility index (Phi) is 5.22. The molecule has 2 heteroatoms. The molecule has 1 aliphatic rings. The molecule has 1 aliphatic carbocycles. The number of hydrogen-bond acceptors (Lipinski definition) is 2. The van der Waals surface area contributed by atoms with E-state index in [0.717, 1.165) is 25.4 Å². The number of rotatable bonds is 5. The molecule has 1 unspecified atom stereocenters. The van der Waals surface area contributed by atoms with Crippen LogP contribution in [0.3, 0.4) is 0 Å². The van der Waals surface area contributed by atoms with Crippen molar-refractivity contribution in [3.8, 4) is 0 Å². The van der Waals surface area contributed by atoms with Gasteiger partial charge in [-0.2, -0.15) is 0 Å². The van der Waals surface area contributed by atoms with Crippen molar-refractivity contribution in [1.29, 1.82) is 0 Å². The van der Waals surface area contributed by atoms with E-state index in [-0.39, 0.29) is 11.6 Å². The molecule has 2 nitrogen and oxygen atoms in total. The molecule has 1 aromatic carbocycles. The largest absolute Gasteiger partial charge is 0.373 e. The normalized spacial score (nSPS) is 28.3. The van der Waals surface area contributed by atoms with Crippen LogP contribution in [0, 0.1) is 12.8 Å². The summed E-state index contributed by atoms with van der Waals surface area (Å²) in [4.78, 5) is 0. The van der Waals surface area contributed by atoms with Gasteiger partial charge in [0.2, 0.25) is 0 Å². The number of likely N-dealkylation sites (N-methyl/N-ethyl adjacent to an activating group) is 1. The van der Waals surface area contributed by atoms with Gasteiger partial charge in [-0.05, 0) is 58.1 Å². The topological polar surface area (TPSA) is 21.3 Å². The number of ether oxygens (including phenoxy) is 1. The zero-order valence-corrected chi connectivity index (χ0v) is 13.4. The molecule has 0 heterocycles. The van der Waals surface area contributed by atoms with Gasteiger partial charge in [0, 0.05) is 6.61 Å². The Morgan fingerprint density at radius 2 is 2.05 bits per heavy atom. The SMILES string of the molecule is CCOC1(C(NC)c2cccc(C)c2)CCC(C)CC1. The summed E-state index contributed by atoms with van der Waals surface area (Å²) in [6.07, 6.45) is 4.84. The Morgan fingerprint density at radius 1 is 1.35 bits per heavy atom. The lowest BCUT2D eigenvalue weighted by Gasteiger charge is -2.45. The van der Waals surface area contributed by atoms with Gasteiger partial charge in [0.05, 0.1) is 11.6 Å². The van der Waals surface area contributed by atoms with Crippen LogP contribution in [0.5, 0.6) is 0 Å². The maximum absolute atomic E-state index is 6.30. The molecule has 112 valence electrons. The fourth-order valence-corrected chi connectivity index (χ4v) is 3.64. The van der Waals surface area contributed by atoms with Gasteiger partial charge in [-0.3, -0.25) is 0 Å². The summed E-state index contributed by atoms with van der Waals surface area (Å²) in [6, 6.07) is 9.12. The molecule has 0 bridgehead atoms. The van der Waals surface area contributed by atoms with Gasteiger partial charge in [-0.15, -0.1) is 0 Å². The van der Waals surface area contributed by atoms with E-state index in [1.807, 2.05) is 0 Å². The van der Waals surface area contributed by atoms with Crippen LogP contribution < -0.4 is 5.32 Å². The van der Waals surface area contributed by atoms with Crippen LogP contribution in [-0.4, -0.2) is 19.3 Å². The molecule has 0 amide bonds. The predicted molar refractivity (Wildman–Crippen MR) is 85.0 cm³/mol. The fourth-order valence-electron chi connectivity index (χ4n) is 3.64. The van der Waals surface area contributed by atoms with Crippen molar-refractivity contribution in [3.63, 3.8) is 0 Å². The van der Waals surface area contributed by atoms with E-state index in [4.69, 9.17) is 4.74 Å². The first-order valence-electron chi connectivity index (χ1n) is 7.99. The molecule has 0 saturated heterocycles. The van der Waals surface area contributed by atoms with E-state index in [9.17, 15) is 0 Å². The number of hydrogen-bond donors (Lipinski definition) is 1. The summed E-state index contributed by atoms with van der Waals surface area (Å²) in [5.41, 5.74) is 2.64.